The van der Waals surface area contributed by atoms with Gasteiger partial charge in [-0.05, 0) is 25.5 Å². The van der Waals surface area contributed by atoms with Crippen molar-refractivity contribution in [1.29, 1.82) is 0 Å². The van der Waals surface area contributed by atoms with Gasteiger partial charge in [0.15, 0.2) is 11.2 Å². The van der Waals surface area contributed by atoms with Gasteiger partial charge in [-0.3, -0.25) is 13.9 Å². The molecule has 0 radical (unpaired) electrons. The number of nitrogens with one attached hydrogen (secondary N) is 1. The third-order valence-corrected chi connectivity index (χ3v) is 5.54. The lowest BCUT2D eigenvalue weighted by Crippen LogP contribution is -2.44. The van der Waals surface area contributed by atoms with Gasteiger partial charge in [0.2, 0.25) is 5.95 Å². The number of anilines is 1. The normalized spacial score (nSPS) is 13.6. The molecule has 2 N–H and O–H groups in total. The van der Waals surface area contributed by atoms with E-state index in [9.17, 15) is 22.8 Å². The highest BCUT2D eigenvalue weighted by Gasteiger charge is 2.38. The fourth-order valence-corrected chi connectivity index (χ4v) is 3.73. The van der Waals surface area contributed by atoms with Crippen molar-refractivity contribution in [2.75, 3.05) is 31.1 Å². The molecule has 0 saturated carbocycles. The quantitative estimate of drug-likeness (QED) is 0.514. The van der Waals surface area contributed by atoms with E-state index in [2.05, 4.69) is 22.1 Å². The van der Waals surface area contributed by atoms with Crippen molar-refractivity contribution in [2.45, 2.75) is 26.6 Å². The van der Waals surface area contributed by atoms with Crippen molar-refractivity contribution in [1.82, 2.24) is 24.0 Å². The third-order valence-electron chi connectivity index (χ3n) is 5.54. The van der Waals surface area contributed by atoms with Crippen LogP contribution in [0, 0.1) is 18.8 Å². The molecule has 13 heteroatoms. The molecule has 1 fully saturated rings. The van der Waals surface area contributed by atoms with Gasteiger partial charge in [0.25, 0.3) is 5.56 Å². The van der Waals surface area contributed by atoms with Crippen LogP contribution in [0.3, 0.4) is 0 Å². The number of rotatable bonds is 3. The Morgan fingerprint density at radius 2 is 1.81 bits per heavy atom. The number of halogens is 3. The van der Waals surface area contributed by atoms with Crippen LogP contribution in [0.2, 0.25) is 0 Å². The minimum atomic E-state index is -5.08. The maximum absolute atomic E-state index is 13.1. The molecule has 0 spiro atoms. The molecule has 1 aromatic carbocycles. The molecule has 0 unspecified atom stereocenters. The predicted molar refractivity (Wildman–Crippen MR) is 128 cm³/mol. The van der Waals surface area contributed by atoms with Crippen LogP contribution in [-0.4, -0.2) is 62.1 Å². The highest BCUT2D eigenvalue weighted by molar-refractivity contribution is 5.77. The molecule has 0 amide bonds. The van der Waals surface area contributed by atoms with Gasteiger partial charge in [-0.2, -0.15) is 18.2 Å². The number of hydrogen-bond donors (Lipinski definition) is 2. The minimum Gasteiger partial charge on any atom is -0.475 e. The first-order valence-electron chi connectivity index (χ1n) is 10.9. The second kappa shape index (κ2) is 10.7. The number of carboxylic acids is 1. The fourth-order valence-electron chi connectivity index (χ4n) is 3.73. The molecule has 0 aliphatic carbocycles. The lowest BCUT2D eigenvalue weighted by Gasteiger charge is -2.28. The van der Waals surface area contributed by atoms with E-state index in [4.69, 9.17) is 14.9 Å². The third kappa shape index (κ3) is 5.28. The van der Waals surface area contributed by atoms with Gasteiger partial charge in [0.1, 0.15) is 0 Å². The number of imidazole rings is 1. The average Bonchev–Trinajstić information content (AvgIpc) is 3.22. The maximum Gasteiger partial charge on any atom is 0.490 e. The molecule has 10 nitrogen and oxygen atoms in total. The number of nitrogens with zero attached hydrogens (tertiary/aromatic N) is 5. The summed E-state index contributed by atoms with van der Waals surface area (Å²) in [6.45, 7) is 7.28. The van der Waals surface area contributed by atoms with Gasteiger partial charge < -0.3 is 15.3 Å². The van der Waals surface area contributed by atoms with Crippen LogP contribution in [0.5, 0.6) is 0 Å². The van der Waals surface area contributed by atoms with Gasteiger partial charge >= 0.3 is 17.8 Å². The van der Waals surface area contributed by atoms with Crippen molar-refractivity contribution < 1.29 is 23.1 Å². The number of hydrogen-bond acceptors (Lipinski definition) is 6. The summed E-state index contributed by atoms with van der Waals surface area (Å²) in [6, 6.07) is 7.61. The van der Waals surface area contributed by atoms with E-state index in [1.807, 2.05) is 35.8 Å². The maximum atomic E-state index is 13.1. The van der Waals surface area contributed by atoms with E-state index in [-0.39, 0.29) is 5.56 Å². The Morgan fingerprint density at radius 1 is 1.19 bits per heavy atom. The second-order valence-corrected chi connectivity index (χ2v) is 7.91. The number of benzene rings is 1. The smallest absolute Gasteiger partial charge is 0.475 e. The van der Waals surface area contributed by atoms with E-state index in [1.54, 1.807) is 6.92 Å². The number of carbonyl (C=O) groups is 1. The summed E-state index contributed by atoms with van der Waals surface area (Å²) in [5.41, 5.74) is 1.65. The lowest BCUT2D eigenvalue weighted by molar-refractivity contribution is -0.192. The Morgan fingerprint density at radius 3 is 2.36 bits per heavy atom. The number of carboxylic acid groups (broad SMARTS) is 1. The highest BCUT2D eigenvalue weighted by atomic mass is 19.4. The number of alkyl halides is 3. The molecule has 0 atom stereocenters. The lowest BCUT2D eigenvalue weighted by atomic mass is 10.2. The molecular weight excluding hydrogens is 481 g/mol. The first-order valence-corrected chi connectivity index (χ1v) is 10.9. The molecule has 3 aromatic rings. The number of aryl methyl sites for hydroxylation is 1. The SMILES string of the molecule is CC#CCn1c(N2CCNCC2)nc2c1c(=O)n(C)c(=O)n2-c1ccccc1C.O=C(O)C(F)(F)F. The molecule has 36 heavy (non-hydrogen) atoms. The zero-order chi connectivity index (χ0) is 26.6. The number of fused-ring (bicyclic) bond motifs is 1. The Kier molecular flexibility index (Phi) is 7.89. The van der Waals surface area contributed by atoms with Crippen molar-refractivity contribution in [2.24, 2.45) is 7.05 Å². The van der Waals surface area contributed by atoms with Crippen LogP contribution in [0.15, 0.2) is 33.9 Å². The Bertz CT molecular complexity index is 1450. The van der Waals surface area contributed by atoms with Gasteiger partial charge in [0.05, 0.1) is 12.2 Å². The van der Waals surface area contributed by atoms with E-state index in [0.29, 0.717) is 23.7 Å². The van der Waals surface area contributed by atoms with Crippen LogP contribution >= 0.6 is 0 Å². The van der Waals surface area contributed by atoms with Crippen LogP contribution in [-0.2, 0) is 18.4 Å². The molecule has 1 aliphatic heterocycles. The Hall–Kier alpha value is -4.05. The minimum absolute atomic E-state index is 0.341. The number of para-hydroxylation sites is 1. The van der Waals surface area contributed by atoms with Gasteiger partial charge in [-0.15, -0.1) is 5.92 Å². The highest BCUT2D eigenvalue weighted by Crippen LogP contribution is 2.23. The van der Waals surface area contributed by atoms with Gasteiger partial charge in [-0.1, -0.05) is 24.1 Å². The fraction of sp³-hybridized carbons (Fsp3) is 0.391. The summed E-state index contributed by atoms with van der Waals surface area (Å²) < 4.78 is 36.3. The average molecular weight is 506 g/mol. The Labute approximate surface area is 203 Å². The van der Waals surface area contributed by atoms with Gasteiger partial charge in [0, 0.05) is 33.2 Å². The number of aromatic nitrogens is 4. The molecule has 3 heterocycles. The molecule has 1 aliphatic rings. The largest absolute Gasteiger partial charge is 0.490 e. The summed E-state index contributed by atoms with van der Waals surface area (Å²) in [4.78, 5) is 42.0. The summed E-state index contributed by atoms with van der Waals surface area (Å²) >= 11 is 0. The van der Waals surface area contributed by atoms with Crippen LogP contribution in [0.25, 0.3) is 16.9 Å². The first kappa shape index (κ1) is 26.6. The molecule has 0 bridgehead atoms. The van der Waals surface area contributed by atoms with Crippen molar-refractivity contribution in [3.05, 3.63) is 50.7 Å². The van der Waals surface area contributed by atoms with E-state index in [0.717, 1.165) is 42.0 Å². The predicted octanol–water partition coefficient (Wildman–Crippen LogP) is 1.26. The monoisotopic (exact) mass is 506 g/mol. The van der Waals surface area contributed by atoms with Crippen molar-refractivity contribution in [3.8, 4) is 17.5 Å². The van der Waals surface area contributed by atoms with E-state index < -0.39 is 17.8 Å². The summed E-state index contributed by atoms with van der Waals surface area (Å²) in [6.07, 6.45) is -5.08. The summed E-state index contributed by atoms with van der Waals surface area (Å²) in [5, 5.41) is 10.5. The van der Waals surface area contributed by atoms with E-state index >= 15 is 0 Å². The van der Waals surface area contributed by atoms with Crippen LogP contribution < -0.4 is 21.5 Å². The zero-order valence-corrected chi connectivity index (χ0v) is 19.9. The van der Waals surface area contributed by atoms with Crippen molar-refractivity contribution >= 4 is 23.1 Å². The van der Waals surface area contributed by atoms with Gasteiger partial charge in [-0.25, -0.2) is 14.2 Å². The molecule has 4 rings (SSSR count). The van der Waals surface area contributed by atoms with Crippen molar-refractivity contribution in [3.63, 3.8) is 0 Å². The number of aliphatic carboxylic acids is 1. The summed E-state index contributed by atoms with van der Waals surface area (Å²) in [5.74, 6) is 3.86. The summed E-state index contributed by atoms with van der Waals surface area (Å²) in [7, 11) is 1.51. The zero-order valence-electron chi connectivity index (χ0n) is 19.9. The Balaban J connectivity index is 0.000000454. The number of piperazine rings is 1. The van der Waals surface area contributed by atoms with Crippen LogP contribution in [0.1, 0.15) is 12.5 Å². The topological polar surface area (TPSA) is 114 Å². The first-order chi connectivity index (χ1) is 17.0. The molecule has 1 saturated heterocycles. The second-order valence-electron chi connectivity index (χ2n) is 7.91. The molecule has 2 aromatic heterocycles. The van der Waals surface area contributed by atoms with E-state index in [1.165, 1.54) is 11.6 Å². The molecule has 192 valence electrons. The standard InChI is InChI=1S/C21H24N6O2.C2HF3O2/c1-4-5-12-26-17-18(23-20(26)25-13-10-22-11-14-25)27(21(29)24(3)19(17)28)16-9-7-6-8-15(16)2;3-2(4,5)1(6)7/h6-9,22H,10-14H2,1-3H3;(H,6,7). The van der Waals surface area contributed by atoms with Crippen LogP contribution in [0.4, 0.5) is 19.1 Å². The molecular formula is C23H25F3N6O4.